The number of nitrogens with two attached hydrogens (primary N) is 1. The van der Waals surface area contributed by atoms with Crippen LogP contribution in [0.4, 0.5) is 0 Å². The number of fused-ring (bicyclic) bond motifs is 2. The van der Waals surface area contributed by atoms with Gasteiger partial charge in [-0.25, -0.2) is 0 Å². The molecule has 1 saturated heterocycles. The number of rotatable bonds is 3. The number of primary amides is 1. The van der Waals surface area contributed by atoms with Crippen molar-refractivity contribution in [2.75, 3.05) is 13.2 Å². The minimum absolute atomic E-state index is 0.170. The largest absolute Gasteiger partial charge is 0.485 e. The van der Waals surface area contributed by atoms with Gasteiger partial charge in [-0.1, -0.05) is 19.1 Å². The molecule has 3 aliphatic rings. The number of carbonyl (C=O) groups is 1. The van der Waals surface area contributed by atoms with Gasteiger partial charge in [0.25, 0.3) is 0 Å². The maximum Gasteiger partial charge on any atom is 0.244 e. The zero-order chi connectivity index (χ0) is 19.0. The molecule has 5 nitrogen and oxygen atoms in total. The first kappa shape index (κ1) is 18.0. The molecule has 1 aromatic carbocycles. The zero-order valence-corrected chi connectivity index (χ0v) is 15.7. The molecule has 0 aromatic heterocycles. The van der Waals surface area contributed by atoms with E-state index in [1.165, 1.54) is 5.56 Å². The van der Waals surface area contributed by atoms with Crippen LogP contribution in [0.15, 0.2) is 35.4 Å². The molecule has 0 unspecified atom stereocenters. The lowest BCUT2D eigenvalue weighted by molar-refractivity contribution is -0.114. The van der Waals surface area contributed by atoms with Crippen LogP contribution in [0.1, 0.15) is 43.7 Å². The molecule has 2 aliphatic heterocycles. The van der Waals surface area contributed by atoms with Gasteiger partial charge in [0, 0.05) is 47.1 Å². The molecular formula is C22H26N2O3. The molecule has 1 aromatic rings. The van der Waals surface area contributed by atoms with Crippen LogP contribution >= 0.6 is 0 Å². The summed E-state index contributed by atoms with van der Waals surface area (Å²) in [7, 11) is 0. The quantitative estimate of drug-likeness (QED) is 0.859. The van der Waals surface area contributed by atoms with E-state index in [0.29, 0.717) is 30.0 Å². The van der Waals surface area contributed by atoms with Gasteiger partial charge < -0.3 is 20.6 Å². The molecular weight excluding hydrogens is 340 g/mol. The molecule has 0 bridgehead atoms. The van der Waals surface area contributed by atoms with Gasteiger partial charge in [0.1, 0.15) is 11.9 Å². The van der Waals surface area contributed by atoms with E-state index in [9.17, 15) is 4.79 Å². The smallest absolute Gasteiger partial charge is 0.244 e. The monoisotopic (exact) mass is 366 g/mol. The van der Waals surface area contributed by atoms with E-state index >= 15 is 0 Å². The third-order valence-electron chi connectivity index (χ3n) is 5.86. The van der Waals surface area contributed by atoms with Crippen molar-refractivity contribution >= 4 is 17.2 Å². The normalized spacial score (nSPS) is 23.1. The molecule has 1 amide bonds. The lowest BCUT2D eigenvalue weighted by Crippen LogP contribution is -2.36. The van der Waals surface area contributed by atoms with Crippen LogP contribution in [0.5, 0.6) is 5.75 Å². The summed E-state index contributed by atoms with van der Waals surface area (Å²) < 4.78 is 12.0. The summed E-state index contributed by atoms with van der Waals surface area (Å²) in [5, 5.41) is 8.69. The van der Waals surface area contributed by atoms with Crippen molar-refractivity contribution in [3.05, 3.63) is 46.5 Å². The predicted octanol–water partition coefficient (Wildman–Crippen LogP) is 3.42. The number of hydrogen-bond acceptors (Lipinski definition) is 4. The lowest BCUT2D eigenvalue weighted by atomic mass is 9.81. The van der Waals surface area contributed by atoms with Gasteiger partial charge in [0.15, 0.2) is 0 Å². The van der Waals surface area contributed by atoms with E-state index in [2.05, 4.69) is 25.1 Å². The minimum Gasteiger partial charge on any atom is -0.485 e. The van der Waals surface area contributed by atoms with Gasteiger partial charge in [0.05, 0.1) is 0 Å². The standard InChI is InChI=1S/C22H26N2O3/c1-2-13-3-5-16-19(11-13)27-21(14-7-9-26-10-8-14)17-12-15(22(24)25)4-6-18(23)20(16)17/h3,5,11-12,14,21,23H,2,4,6-10H2,1H3,(H2,24,25)/t21-/m0/s1. The number of aryl methyl sites for hydroxylation is 1. The van der Waals surface area contributed by atoms with Gasteiger partial charge in [-0.3, -0.25) is 4.79 Å². The van der Waals surface area contributed by atoms with Crippen molar-refractivity contribution in [3.8, 4) is 5.75 Å². The summed E-state index contributed by atoms with van der Waals surface area (Å²) >= 11 is 0. The molecule has 0 radical (unpaired) electrons. The second-order valence-electron chi connectivity index (χ2n) is 7.52. The number of carbonyl (C=O) groups excluding carboxylic acids is 1. The van der Waals surface area contributed by atoms with Crippen molar-refractivity contribution in [1.82, 2.24) is 0 Å². The number of allylic oxidation sites excluding steroid dienone is 1. The zero-order valence-electron chi connectivity index (χ0n) is 15.7. The van der Waals surface area contributed by atoms with Crippen molar-refractivity contribution in [2.24, 2.45) is 11.7 Å². The fraction of sp³-hybridized carbons (Fsp3) is 0.455. The number of ether oxygens (including phenoxy) is 2. The fourth-order valence-electron chi connectivity index (χ4n) is 4.29. The summed E-state index contributed by atoms with van der Waals surface area (Å²) in [6.07, 6.45) is 5.52. The van der Waals surface area contributed by atoms with Crippen LogP contribution in [0.2, 0.25) is 0 Å². The molecule has 0 spiro atoms. The fourth-order valence-corrected chi connectivity index (χ4v) is 4.29. The first-order chi connectivity index (χ1) is 13.1. The molecule has 3 N–H and O–H groups in total. The van der Waals surface area contributed by atoms with Gasteiger partial charge in [-0.2, -0.15) is 0 Å². The highest BCUT2D eigenvalue weighted by molar-refractivity contribution is 6.25. The maximum atomic E-state index is 11.9. The Bertz CT molecular complexity index is 847. The van der Waals surface area contributed by atoms with Crippen molar-refractivity contribution < 1.29 is 14.3 Å². The Morgan fingerprint density at radius 3 is 2.74 bits per heavy atom. The summed E-state index contributed by atoms with van der Waals surface area (Å²) in [6, 6.07) is 6.25. The molecule has 4 rings (SSSR count). The van der Waals surface area contributed by atoms with Crippen LogP contribution in [0, 0.1) is 11.3 Å². The van der Waals surface area contributed by atoms with Crippen molar-refractivity contribution in [3.63, 3.8) is 0 Å². The maximum absolute atomic E-state index is 11.9. The molecule has 2 heterocycles. The molecule has 142 valence electrons. The van der Waals surface area contributed by atoms with Crippen LogP contribution < -0.4 is 10.5 Å². The minimum atomic E-state index is -0.408. The second-order valence-corrected chi connectivity index (χ2v) is 7.52. The summed E-state index contributed by atoms with van der Waals surface area (Å²) in [5.74, 6) is 0.748. The Morgan fingerprint density at radius 2 is 2.04 bits per heavy atom. The Kier molecular flexibility index (Phi) is 4.87. The number of benzene rings is 1. The Hall–Kier alpha value is -2.40. The van der Waals surface area contributed by atoms with Crippen molar-refractivity contribution in [2.45, 2.75) is 45.1 Å². The summed E-state index contributed by atoms with van der Waals surface area (Å²) in [5.41, 5.74) is 10.8. The summed E-state index contributed by atoms with van der Waals surface area (Å²) in [6.45, 7) is 3.57. The lowest BCUT2D eigenvalue weighted by Gasteiger charge is -2.36. The molecule has 1 atom stereocenters. The first-order valence-corrected chi connectivity index (χ1v) is 9.78. The van der Waals surface area contributed by atoms with Gasteiger partial charge in [-0.15, -0.1) is 0 Å². The predicted molar refractivity (Wildman–Crippen MR) is 105 cm³/mol. The van der Waals surface area contributed by atoms with E-state index < -0.39 is 5.91 Å². The van der Waals surface area contributed by atoms with Gasteiger partial charge in [0.2, 0.25) is 5.91 Å². The molecule has 0 saturated carbocycles. The highest BCUT2D eigenvalue weighted by Crippen LogP contribution is 2.43. The Morgan fingerprint density at radius 1 is 1.26 bits per heavy atom. The molecule has 1 aliphatic carbocycles. The van der Waals surface area contributed by atoms with E-state index in [1.807, 2.05) is 6.08 Å². The highest BCUT2D eigenvalue weighted by atomic mass is 16.5. The number of hydrogen-bond donors (Lipinski definition) is 2. The van der Waals surface area contributed by atoms with Crippen molar-refractivity contribution in [1.29, 1.82) is 5.41 Å². The van der Waals surface area contributed by atoms with Gasteiger partial charge in [-0.05, 0) is 49.8 Å². The van der Waals surface area contributed by atoms with E-state index in [4.69, 9.17) is 20.6 Å². The van der Waals surface area contributed by atoms with Crippen LogP contribution in [0.3, 0.4) is 0 Å². The number of nitrogens with one attached hydrogen (secondary N) is 1. The van der Waals surface area contributed by atoms with Gasteiger partial charge >= 0.3 is 0 Å². The third-order valence-corrected chi connectivity index (χ3v) is 5.86. The topological polar surface area (TPSA) is 85.4 Å². The molecule has 5 heteroatoms. The SMILES string of the molecule is CCc1ccc2c(c1)O[C@@H](C1CCOCC1)C1=C2C(=N)CCC(C(N)=O)=C1. The third kappa shape index (κ3) is 3.32. The van der Waals surface area contributed by atoms with Crippen LogP contribution in [-0.2, 0) is 16.0 Å². The second kappa shape index (κ2) is 7.31. The van der Waals surface area contributed by atoms with E-state index in [-0.39, 0.29) is 6.10 Å². The molecule has 1 fully saturated rings. The highest BCUT2D eigenvalue weighted by Gasteiger charge is 2.37. The van der Waals surface area contributed by atoms with Crippen LogP contribution in [-0.4, -0.2) is 30.9 Å². The van der Waals surface area contributed by atoms with E-state index in [0.717, 1.165) is 54.9 Å². The average Bonchev–Trinajstić information content (AvgIpc) is 2.87. The number of amides is 1. The Labute approximate surface area is 159 Å². The Balaban J connectivity index is 1.88. The molecule has 27 heavy (non-hydrogen) atoms. The average molecular weight is 366 g/mol. The first-order valence-electron chi connectivity index (χ1n) is 9.78. The van der Waals surface area contributed by atoms with Crippen LogP contribution in [0.25, 0.3) is 5.57 Å². The van der Waals surface area contributed by atoms with E-state index in [1.54, 1.807) is 0 Å². The summed E-state index contributed by atoms with van der Waals surface area (Å²) in [4.78, 5) is 11.9.